The first-order chi connectivity index (χ1) is 9.84. The summed E-state index contributed by atoms with van der Waals surface area (Å²) >= 11 is 0. The summed E-state index contributed by atoms with van der Waals surface area (Å²) in [6, 6.07) is -0.777. The number of halogens is 5. The van der Waals surface area contributed by atoms with Gasteiger partial charge in [-0.1, -0.05) is 12.8 Å². The molecule has 1 fully saturated rings. The lowest BCUT2D eigenvalue weighted by Gasteiger charge is -2.28. The standard InChI is InChI=1S/C13H12F5NO2/c14-8-7(9(15)11(17)12(18)10(8)16)13(21)19-5-3-1-2-4-6(5)20/h5-6,20H,1-4H2,(H,19,21). The van der Waals surface area contributed by atoms with Crippen LogP contribution in [0.4, 0.5) is 22.0 Å². The van der Waals surface area contributed by atoms with Gasteiger partial charge < -0.3 is 10.4 Å². The Bertz CT molecular complexity index is 549. The zero-order valence-corrected chi connectivity index (χ0v) is 10.7. The highest BCUT2D eigenvalue weighted by atomic mass is 19.2. The van der Waals surface area contributed by atoms with Crippen molar-refractivity contribution in [2.24, 2.45) is 0 Å². The van der Waals surface area contributed by atoms with Crippen molar-refractivity contribution in [3.05, 3.63) is 34.6 Å². The number of aliphatic hydroxyl groups is 1. The van der Waals surface area contributed by atoms with Gasteiger partial charge in [0.15, 0.2) is 23.3 Å². The highest BCUT2D eigenvalue weighted by molar-refractivity contribution is 5.95. The van der Waals surface area contributed by atoms with Crippen LogP contribution in [0.15, 0.2) is 0 Å². The molecule has 8 heteroatoms. The number of aliphatic hydroxyl groups excluding tert-OH is 1. The van der Waals surface area contributed by atoms with Gasteiger partial charge in [0.2, 0.25) is 5.82 Å². The fraction of sp³-hybridized carbons (Fsp3) is 0.462. The van der Waals surface area contributed by atoms with E-state index in [1.165, 1.54) is 0 Å². The third-order valence-corrected chi connectivity index (χ3v) is 3.48. The van der Waals surface area contributed by atoms with E-state index in [1.807, 2.05) is 0 Å². The molecule has 0 spiro atoms. The summed E-state index contributed by atoms with van der Waals surface area (Å²) in [5, 5.41) is 11.8. The molecule has 1 aromatic carbocycles. The SMILES string of the molecule is O=C(NC1CCCCC1O)c1c(F)c(F)c(F)c(F)c1F. The first-order valence-electron chi connectivity index (χ1n) is 6.35. The first-order valence-corrected chi connectivity index (χ1v) is 6.35. The van der Waals surface area contributed by atoms with Gasteiger partial charge in [0, 0.05) is 0 Å². The van der Waals surface area contributed by atoms with Gasteiger partial charge in [-0.25, -0.2) is 22.0 Å². The number of carbonyl (C=O) groups excluding carboxylic acids is 1. The number of rotatable bonds is 2. The quantitative estimate of drug-likeness (QED) is 0.501. The highest BCUT2D eigenvalue weighted by Crippen LogP contribution is 2.24. The third kappa shape index (κ3) is 2.85. The van der Waals surface area contributed by atoms with Crippen molar-refractivity contribution in [3.63, 3.8) is 0 Å². The second kappa shape index (κ2) is 5.97. The fourth-order valence-electron chi connectivity index (χ4n) is 2.32. The Morgan fingerprint density at radius 2 is 1.38 bits per heavy atom. The lowest BCUT2D eigenvalue weighted by molar-refractivity contribution is 0.0709. The van der Waals surface area contributed by atoms with E-state index >= 15 is 0 Å². The normalized spacial score (nSPS) is 22.2. The summed E-state index contributed by atoms with van der Waals surface area (Å²) in [7, 11) is 0. The second-order valence-electron chi connectivity index (χ2n) is 4.88. The Hall–Kier alpha value is -1.70. The van der Waals surface area contributed by atoms with Crippen LogP contribution in [0.5, 0.6) is 0 Å². The Labute approximate surface area is 116 Å². The molecule has 0 saturated heterocycles. The highest BCUT2D eigenvalue weighted by Gasteiger charge is 2.32. The van der Waals surface area contributed by atoms with Crippen LogP contribution in [0.25, 0.3) is 0 Å². The van der Waals surface area contributed by atoms with E-state index in [9.17, 15) is 31.9 Å². The number of amides is 1. The minimum Gasteiger partial charge on any atom is -0.391 e. The molecule has 0 heterocycles. The monoisotopic (exact) mass is 309 g/mol. The van der Waals surface area contributed by atoms with Crippen molar-refractivity contribution < 1.29 is 31.9 Å². The molecular formula is C13H12F5NO2. The summed E-state index contributed by atoms with van der Waals surface area (Å²) in [5.74, 6) is -12.5. The molecule has 1 saturated carbocycles. The van der Waals surface area contributed by atoms with Crippen LogP contribution >= 0.6 is 0 Å². The molecule has 1 aromatic rings. The number of benzene rings is 1. The molecule has 0 aromatic heterocycles. The van der Waals surface area contributed by atoms with E-state index in [1.54, 1.807) is 0 Å². The first kappa shape index (κ1) is 15.7. The van der Waals surface area contributed by atoms with E-state index in [4.69, 9.17) is 0 Å². The molecule has 2 unspecified atom stereocenters. The van der Waals surface area contributed by atoms with Gasteiger partial charge in [0.1, 0.15) is 5.56 Å². The lowest BCUT2D eigenvalue weighted by Crippen LogP contribution is -2.45. The molecule has 1 aliphatic rings. The molecule has 2 rings (SSSR count). The Morgan fingerprint density at radius 1 is 0.905 bits per heavy atom. The van der Waals surface area contributed by atoms with Crippen LogP contribution in [0.3, 0.4) is 0 Å². The van der Waals surface area contributed by atoms with Gasteiger partial charge in [-0.15, -0.1) is 0 Å². The maximum absolute atomic E-state index is 13.5. The maximum Gasteiger partial charge on any atom is 0.257 e. The van der Waals surface area contributed by atoms with E-state index in [0.29, 0.717) is 19.3 Å². The predicted molar refractivity (Wildman–Crippen MR) is 62.0 cm³/mol. The van der Waals surface area contributed by atoms with Gasteiger partial charge in [0.25, 0.3) is 5.91 Å². The lowest BCUT2D eigenvalue weighted by atomic mass is 9.92. The fourth-order valence-corrected chi connectivity index (χ4v) is 2.32. The summed E-state index contributed by atoms with van der Waals surface area (Å²) < 4.78 is 65.9. The van der Waals surface area contributed by atoms with Crippen LogP contribution < -0.4 is 5.32 Å². The molecule has 21 heavy (non-hydrogen) atoms. The van der Waals surface area contributed by atoms with Gasteiger partial charge in [0.05, 0.1) is 12.1 Å². The largest absolute Gasteiger partial charge is 0.391 e. The summed E-state index contributed by atoms with van der Waals surface area (Å²) in [4.78, 5) is 11.8. The Balaban J connectivity index is 2.31. The van der Waals surface area contributed by atoms with Crippen molar-refractivity contribution in [2.45, 2.75) is 37.8 Å². The van der Waals surface area contributed by atoms with E-state index in [2.05, 4.69) is 5.32 Å². The molecule has 0 bridgehead atoms. The van der Waals surface area contributed by atoms with Gasteiger partial charge in [-0.2, -0.15) is 0 Å². The van der Waals surface area contributed by atoms with E-state index in [-0.39, 0.29) is 0 Å². The number of hydrogen-bond acceptors (Lipinski definition) is 2. The smallest absolute Gasteiger partial charge is 0.257 e. The summed E-state index contributed by atoms with van der Waals surface area (Å²) in [6.45, 7) is 0. The van der Waals surface area contributed by atoms with Gasteiger partial charge in [-0.05, 0) is 12.8 Å². The average molecular weight is 309 g/mol. The maximum atomic E-state index is 13.5. The third-order valence-electron chi connectivity index (χ3n) is 3.48. The molecule has 2 N–H and O–H groups in total. The van der Waals surface area contributed by atoms with Crippen molar-refractivity contribution >= 4 is 5.91 Å². The zero-order valence-electron chi connectivity index (χ0n) is 10.7. The van der Waals surface area contributed by atoms with Crippen molar-refractivity contribution in [3.8, 4) is 0 Å². The molecule has 0 radical (unpaired) electrons. The minimum absolute atomic E-state index is 0.363. The van der Waals surface area contributed by atoms with Crippen LogP contribution in [0, 0.1) is 29.1 Å². The zero-order chi connectivity index (χ0) is 15.7. The average Bonchev–Trinajstić information content (AvgIpc) is 2.46. The summed E-state index contributed by atoms with van der Waals surface area (Å²) in [6.07, 6.45) is 1.25. The van der Waals surface area contributed by atoms with Crippen LogP contribution in [0.2, 0.25) is 0 Å². The van der Waals surface area contributed by atoms with Crippen LogP contribution in [-0.4, -0.2) is 23.2 Å². The molecule has 1 aliphatic carbocycles. The Morgan fingerprint density at radius 3 is 1.90 bits per heavy atom. The van der Waals surface area contributed by atoms with Crippen molar-refractivity contribution in [2.75, 3.05) is 0 Å². The van der Waals surface area contributed by atoms with Gasteiger partial charge >= 0.3 is 0 Å². The Kier molecular flexibility index (Phi) is 4.46. The molecular weight excluding hydrogens is 297 g/mol. The van der Waals surface area contributed by atoms with Gasteiger partial charge in [-0.3, -0.25) is 4.79 Å². The molecule has 1 amide bonds. The minimum atomic E-state index is -2.32. The number of carbonyl (C=O) groups is 1. The topological polar surface area (TPSA) is 49.3 Å². The van der Waals surface area contributed by atoms with E-state index < -0.39 is 52.7 Å². The molecule has 3 nitrogen and oxygen atoms in total. The number of nitrogens with one attached hydrogen (secondary N) is 1. The molecule has 2 atom stereocenters. The van der Waals surface area contributed by atoms with Crippen molar-refractivity contribution in [1.82, 2.24) is 5.32 Å². The summed E-state index contributed by atoms with van der Waals surface area (Å²) in [5.41, 5.74) is -1.54. The molecule has 116 valence electrons. The molecule has 0 aliphatic heterocycles. The van der Waals surface area contributed by atoms with Crippen molar-refractivity contribution in [1.29, 1.82) is 0 Å². The second-order valence-corrected chi connectivity index (χ2v) is 4.88. The predicted octanol–water partition coefficient (Wildman–Crippen LogP) is 2.42. The van der Waals surface area contributed by atoms with Crippen LogP contribution in [-0.2, 0) is 0 Å². The van der Waals surface area contributed by atoms with E-state index in [0.717, 1.165) is 6.42 Å². The number of hydrogen-bond donors (Lipinski definition) is 2. The van der Waals surface area contributed by atoms with Crippen LogP contribution in [0.1, 0.15) is 36.0 Å².